The summed E-state index contributed by atoms with van der Waals surface area (Å²) in [6.45, 7) is 5.08. The van der Waals surface area contributed by atoms with Gasteiger partial charge in [-0.05, 0) is 48.9 Å². The van der Waals surface area contributed by atoms with Crippen molar-refractivity contribution in [2.24, 2.45) is 0 Å². The van der Waals surface area contributed by atoms with E-state index in [1.807, 2.05) is 35.2 Å². The summed E-state index contributed by atoms with van der Waals surface area (Å²) >= 11 is 0. The highest BCUT2D eigenvalue weighted by molar-refractivity contribution is 5.89. The van der Waals surface area contributed by atoms with Gasteiger partial charge in [-0.2, -0.15) is 0 Å². The molecule has 0 N–H and O–H groups in total. The Kier molecular flexibility index (Phi) is 4.34. The fourth-order valence-corrected chi connectivity index (χ4v) is 4.88. The van der Waals surface area contributed by atoms with Gasteiger partial charge in [-0.25, -0.2) is 4.79 Å². The first-order valence-electron chi connectivity index (χ1n) is 10.3. The molecule has 2 aliphatic rings. The van der Waals surface area contributed by atoms with Crippen LogP contribution in [0.25, 0.3) is 10.9 Å². The van der Waals surface area contributed by atoms with Crippen molar-refractivity contribution in [1.29, 1.82) is 0 Å². The molecule has 4 heteroatoms. The first-order chi connectivity index (χ1) is 13.7. The lowest BCUT2D eigenvalue weighted by atomic mass is 9.99. The van der Waals surface area contributed by atoms with Gasteiger partial charge in [-0.3, -0.25) is 0 Å². The van der Waals surface area contributed by atoms with Gasteiger partial charge in [0.2, 0.25) is 0 Å². The fourth-order valence-electron chi connectivity index (χ4n) is 4.88. The van der Waals surface area contributed by atoms with Crippen molar-refractivity contribution in [3.63, 3.8) is 0 Å². The van der Waals surface area contributed by atoms with Gasteiger partial charge in [0.15, 0.2) is 0 Å². The second kappa shape index (κ2) is 7.01. The third kappa shape index (κ3) is 2.97. The van der Waals surface area contributed by atoms with Crippen LogP contribution < -0.4 is 0 Å². The number of nitrogens with zero attached hydrogens (tertiary/aromatic N) is 2. The standard InChI is InChI=1S/C24H26N2O2/c1-17-14-19-8-5-11-26-22-10-13-25(12-9-20(22)21(15-17)23(19)26)24(27)28-16-18-6-3-2-4-7-18/h2-4,6-7,14-15H,5,8-13,16H2,1H3. The van der Waals surface area contributed by atoms with E-state index in [-0.39, 0.29) is 6.09 Å². The Hall–Kier alpha value is -2.75. The molecule has 3 heterocycles. The van der Waals surface area contributed by atoms with Gasteiger partial charge in [0.05, 0.1) is 5.52 Å². The molecule has 1 amide bonds. The van der Waals surface area contributed by atoms with Crippen LogP contribution in [0, 0.1) is 6.92 Å². The van der Waals surface area contributed by atoms with Crippen LogP contribution in [0.3, 0.4) is 0 Å². The van der Waals surface area contributed by atoms with Crippen molar-refractivity contribution >= 4 is 17.0 Å². The lowest BCUT2D eigenvalue weighted by Crippen LogP contribution is -2.34. The highest BCUT2D eigenvalue weighted by Gasteiger charge is 2.27. The highest BCUT2D eigenvalue weighted by atomic mass is 16.6. The molecule has 0 aliphatic carbocycles. The third-order valence-corrected chi connectivity index (χ3v) is 6.14. The molecule has 28 heavy (non-hydrogen) atoms. The number of fused-ring (bicyclic) bond motifs is 3. The zero-order chi connectivity index (χ0) is 19.1. The van der Waals surface area contributed by atoms with Gasteiger partial charge in [0.25, 0.3) is 0 Å². The van der Waals surface area contributed by atoms with Crippen LogP contribution in [0.5, 0.6) is 0 Å². The van der Waals surface area contributed by atoms with Gasteiger partial charge in [0.1, 0.15) is 6.61 Å². The summed E-state index contributed by atoms with van der Waals surface area (Å²) in [4.78, 5) is 14.5. The molecule has 144 valence electrons. The highest BCUT2D eigenvalue weighted by Crippen LogP contribution is 2.35. The minimum atomic E-state index is -0.200. The Bertz CT molecular complexity index is 1040. The van der Waals surface area contributed by atoms with Crippen LogP contribution in [0.2, 0.25) is 0 Å². The monoisotopic (exact) mass is 374 g/mol. The number of carbonyl (C=O) groups excluding carboxylic acids is 1. The smallest absolute Gasteiger partial charge is 0.410 e. The van der Waals surface area contributed by atoms with E-state index in [9.17, 15) is 4.79 Å². The number of carbonyl (C=O) groups is 1. The minimum Gasteiger partial charge on any atom is -0.445 e. The van der Waals surface area contributed by atoms with Crippen molar-refractivity contribution in [1.82, 2.24) is 9.47 Å². The van der Waals surface area contributed by atoms with E-state index in [0.717, 1.165) is 38.0 Å². The van der Waals surface area contributed by atoms with E-state index in [1.54, 1.807) is 0 Å². The summed E-state index contributed by atoms with van der Waals surface area (Å²) in [6.07, 6.45) is 3.99. The molecular weight excluding hydrogens is 348 g/mol. The van der Waals surface area contributed by atoms with Crippen molar-refractivity contribution in [2.45, 2.75) is 45.8 Å². The van der Waals surface area contributed by atoms with Gasteiger partial charge in [-0.1, -0.05) is 42.0 Å². The summed E-state index contributed by atoms with van der Waals surface area (Å²) < 4.78 is 8.10. The predicted molar refractivity (Wildman–Crippen MR) is 111 cm³/mol. The van der Waals surface area contributed by atoms with E-state index in [2.05, 4.69) is 23.6 Å². The van der Waals surface area contributed by atoms with Crippen molar-refractivity contribution < 1.29 is 9.53 Å². The summed E-state index contributed by atoms with van der Waals surface area (Å²) in [5, 5.41) is 1.41. The van der Waals surface area contributed by atoms with Crippen LogP contribution >= 0.6 is 0 Å². The Morgan fingerprint density at radius 1 is 1.04 bits per heavy atom. The largest absolute Gasteiger partial charge is 0.445 e. The maximum Gasteiger partial charge on any atom is 0.410 e. The molecule has 2 aliphatic heterocycles. The van der Waals surface area contributed by atoms with E-state index in [1.165, 1.54) is 46.1 Å². The molecule has 2 aromatic carbocycles. The molecule has 3 aromatic rings. The zero-order valence-corrected chi connectivity index (χ0v) is 16.4. The molecular formula is C24H26N2O2. The van der Waals surface area contributed by atoms with Crippen LogP contribution in [0.1, 0.15) is 34.4 Å². The second-order valence-electron chi connectivity index (χ2n) is 8.03. The number of rotatable bonds is 2. The van der Waals surface area contributed by atoms with Gasteiger partial charge < -0.3 is 14.2 Å². The normalized spacial score (nSPS) is 16.0. The fraction of sp³-hybridized carbons (Fsp3) is 0.375. The SMILES string of the molecule is Cc1cc2c3c(c1)c1c(n3CCC2)CCN(C(=O)OCc2ccccc2)CC1. The van der Waals surface area contributed by atoms with Crippen LogP contribution in [0.4, 0.5) is 4.79 Å². The van der Waals surface area contributed by atoms with Crippen molar-refractivity contribution in [3.05, 3.63) is 70.4 Å². The third-order valence-electron chi connectivity index (χ3n) is 6.14. The van der Waals surface area contributed by atoms with E-state index >= 15 is 0 Å². The number of hydrogen-bond donors (Lipinski definition) is 0. The number of aromatic nitrogens is 1. The Morgan fingerprint density at radius 3 is 2.71 bits per heavy atom. The summed E-state index contributed by atoms with van der Waals surface area (Å²) in [5.74, 6) is 0. The van der Waals surface area contributed by atoms with Crippen LogP contribution in [0.15, 0.2) is 42.5 Å². The molecule has 0 fully saturated rings. The van der Waals surface area contributed by atoms with E-state index < -0.39 is 0 Å². The molecule has 0 saturated heterocycles. The maximum atomic E-state index is 12.6. The minimum absolute atomic E-state index is 0.200. The molecule has 0 bridgehead atoms. The average Bonchev–Trinajstić information content (AvgIpc) is 2.88. The number of benzene rings is 2. The summed E-state index contributed by atoms with van der Waals surface area (Å²) in [7, 11) is 0. The molecule has 1 aromatic heterocycles. The van der Waals surface area contributed by atoms with Gasteiger partial charge in [0, 0.05) is 37.1 Å². The topological polar surface area (TPSA) is 34.5 Å². The van der Waals surface area contributed by atoms with E-state index in [4.69, 9.17) is 4.74 Å². The predicted octanol–water partition coefficient (Wildman–Crippen LogP) is 4.63. The average molecular weight is 374 g/mol. The van der Waals surface area contributed by atoms with Crippen molar-refractivity contribution in [2.75, 3.05) is 13.1 Å². The number of ether oxygens (including phenoxy) is 1. The van der Waals surface area contributed by atoms with Crippen LogP contribution in [-0.4, -0.2) is 28.6 Å². The van der Waals surface area contributed by atoms with Crippen molar-refractivity contribution in [3.8, 4) is 0 Å². The first kappa shape index (κ1) is 17.4. The van der Waals surface area contributed by atoms with Gasteiger partial charge >= 0.3 is 6.09 Å². The first-order valence-corrected chi connectivity index (χ1v) is 10.3. The Morgan fingerprint density at radius 2 is 1.86 bits per heavy atom. The molecule has 0 spiro atoms. The summed E-state index contributed by atoms with van der Waals surface area (Å²) in [6, 6.07) is 14.6. The number of aryl methyl sites for hydroxylation is 3. The lowest BCUT2D eigenvalue weighted by molar-refractivity contribution is 0.0976. The zero-order valence-electron chi connectivity index (χ0n) is 16.4. The summed E-state index contributed by atoms with van der Waals surface area (Å²) in [5.41, 5.74) is 8.18. The lowest BCUT2D eigenvalue weighted by Gasteiger charge is -2.21. The maximum absolute atomic E-state index is 12.6. The molecule has 0 saturated carbocycles. The van der Waals surface area contributed by atoms with E-state index in [0.29, 0.717) is 6.61 Å². The quantitative estimate of drug-likeness (QED) is 0.655. The Balaban J connectivity index is 1.37. The second-order valence-corrected chi connectivity index (χ2v) is 8.03. The molecule has 0 radical (unpaired) electrons. The molecule has 4 nitrogen and oxygen atoms in total. The Labute approximate surface area is 165 Å². The number of amides is 1. The van der Waals surface area contributed by atoms with Gasteiger partial charge in [-0.15, -0.1) is 0 Å². The van der Waals surface area contributed by atoms with Crippen LogP contribution in [-0.2, 0) is 37.2 Å². The molecule has 0 atom stereocenters. The molecule has 5 rings (SSSR count). The molecule has 0 unspecified atom stereocenters. The number of hydrogen-bond acceptors (Lipinski definition) is 2.